The first-order valence-corrected chi connectivity index (χ1v) is 8.54. The summed E-state index contributed by atoms with van der Waals surface area (Å²) < 4.78 is 9.16. The van der Waals surface area contributed by atoms with Crippen molar-refractivity contribution in [1.82, 2.24) is 4.57 Å². The number of fused-ring (bicyclic) bond motifs is 1. The van der Waals surface area contributed by atoms with E-state index >= 15 is 0 Å². The van der Waals surface area contributed by atoms with Gasteiger partial charge >= 0.3 is 0 Å². The zero-order chi connectivity index (χ0) is 15.9. The molecule has 5 heteroatoms. The molecule has 0 radical (unpaired) electrons. The van der Waals surface area contributed by atoms with Crippen molar-refractivity contribution in [2.75, 3.05) is 0 Å². The molecule has 3 rings (SSSR count). The first-order valence-electron chi connectivity index (χ1n) is 6.93. The Labute approximate surface area is 147 Å². The first-order chi connectivity index (χ1) is 10.5. The van der Waals surface area contributed by atoms with Crippen molar-refractivity contribution in [3.8, 4) is 5.69 Å². The molecule has 22 heavy (non-hydrogen) atoms. The molecule has 0 amide bonds. The van der Waals surface area contributed by atoms with Gasteiger partial charge in [0.2, 0.25) is 0 Å². The molecule has 2 aromatic carbocycles. The van der Waals surface area contributed by atoms with Crippen LogP contribution in [0.25, 0.3) is 16.7 Å². The molecule has 0 aliphatic heterocycles. The lowest BCUT2D eigenvalue weighted by molar-refractivity contribution is 0.537. The topological polar surface area (TPSA) is 18.1 Å². The van der Waals surface area contributed by atoms with Crippen LogP contribution in [0.5, 0.6) is 0 Å². The minimum absolute atomic E-state index is 0.358. The number of rotatable bonds is 2. The summed E-state index contributed by atoms with van der Waals surface area (Å²) in [4.78, 5) is 0.358. The quantitative estimate of drug-likeness (QED) is 0.460. The molecule has 0 aliphatic carbocycles. The number of benzene rings is 2. The molecule has 0 aliphatic rings. The minimum atomic E-state index is 0.358. The van der Waals surface area contributed by atoms with Crippen LogP contribution in [-0.2, 0) is 0 Å². The van der Waals surface area contributed by atoms with Crippen LogP contribution in [0.4, 0.5) is 0 Å². The predicted octanol–water partition coefficient (Wildman–Crippen LogP) is 6.57. The Morgan fingerprint density at radius 2 is 1.73 bits per heavy atom. The smallest absolute Gasteiger partial charge is 0.274 e. The first kappa shape index (κ1) is 15.6. The molecule has 0 saturated heterocycles. The van der Waals surface area contributed by atoms with Gasteiger partial charge < -0.3 is 4.42 Å². The Bertz CT molecular complexity index is 955. The second-order valence-electron chi connectivity index (χ2n) is 5.40. The average Bonchev–Trinajstić information content (AvgIpc) is 2.49. The third kappa shape index (κ3) is 2.81. The van der Waals surface area contributed by atoms with Crippen molar-refractivity contribution < 1.29 is 4.42 Å². The van der Waals surface area contributed by atoms with E-state index in [1.807, 2.05) is 30.3 Å². The molecule has 0 fully saturated rings. The lowest BCUT2D eigenvalue weighted by Gasteiger charge is -2.11. The SMILES string of the molecule is CC(C)c1ccc(-n2c(=S)oc3ccc(Br)cc3c2=S)cc1. The third-order valence-electron chi connectivity index (χ3n) is 3.57. The fourth-order valence-corrected chi connectivity index (χ4v) is 3.39. The number of hydrogen-bond acceptors (Lipinski definition) is 3. The van der Waals surface area contributed by atoms with Gasteiger partial charge in [0.05, 0.1) is 11.1 Å². The van der Waals surface area contributed by atoms with Crippen LogP contribution in [0, 0.1) is 9.48 Å². The zero-order valence-corrected chi connectivity index (χ0v) is 15.4. The van der Waals surface area contributed by atoms with Gasteiger partial charge in [0.25, 0.3) is 4.84 Å². The molecular formula is C17H14BrNOS2. The lowest BCUT2D eigenvalue weighted by Crippen LogP contribution is -2.00. The lowest BCUT2D eigenvalue weighted by atomic mass is 10.0. The van der Waals surface area contributed by atoms with Crippen LogP contribution >= 0.6 is 40.4 Å². The normalized spacial score (nSPS) is 11.3. The highest BCUT2D eigenvalue weighted by Crippen LogP contribution is 2.24. The molecule has 0 bridgehead atoms. The van der Waals surface area contributed by atoms with Crippen molar-refractivity contribution >= 4 is 51.3 Å². The summed E-state index contributed by atoms with van der Waals surface area (Å²) in [7, 11) is 0. The van der Waals surface area contributed by atoms with Crippen molar-refractivity contribution in [2.45, 2.75) is 19.8 Å². The van der Waals surface area contributed by atoms with Gasteiger partial charge in [-0.15, -0.1) is 0 Å². The standard InChI is InChI=1S/C17H14BrNOS2/c1-10(2)11-3-6-13(7-4-11)19-16(21)14-9-12(18)5-8-15(14)20-17(19)22/h3-10H,1-2H3. The van der Waals surface area contributed by atoms with Crippen LogP contribution < -0.4 is 0 Å². The summed E-state index contributed by atoms with van der Waals surface area (Å²) in [5.41, 5.74) is 2.90. The maximum absolute atomic E-state index is 5.75. The van der Waals surface area contributed by atoms with Gasteiger partial charge in [-0.05, 0) is 54.0 Å². The Kier molecular flexibility index (Phi) is 4.30. The van der Waals surface area contributed by atoms with E-state index < -0.39 is 0 Å². The van der Waals surface area contributed by atoms with Crippen LogP contribution in [-0.4, -0.2) is 4.57 Å². The zero-order valence-electron chi connectivity index (χ0n) is 12.2. The summed E-state index contributed by atoms with van der Waals surface area (Å²) >= 11 is 14.5. The van der Waals surface area contributed by atoms with Crippen LogP contribution in [0.2, 0.25) is 0 Å². The number of halogens is 1. The van der Waals surface area contributed by atoms with E-state index in [1.165, 1.54) is 5.56 Å². The van der Waals surface area contributed by atoms with E-state index in [1.54, 1.807) is 4.57 Å². The Morgan fingerprint density at radius 3 is 2.36 bits per heavy atom. The maximum Gasteiger partial charge on any atom is 0.274 e. The van der Waals surface area contributed by atoms with Crippen molar-refractivity contribution in [1.29, 1.82) is 0 Å². The molecule has 1 aromatic heterocycles. The van der Waals surface area contributed by atoms with Gasteiger partial charge in [-0.25, -0.2) is 0 Å². The summed E-state index contributed by atoms with van der Waals surface area (Å²) in [5.74, 6) is 0.488. The highest BCUT2D eigenvalue weighted by molar-refractivity contribution is 9.10. The average molecular weight is 392 g/mol. The maximum atomic E-state index is 5.75. The van der Waals surface area contributed by atoms with E-state index in [0.29, 0.717) is 21.0 Å². The molecule has 112 valence electrons. The summed E-state index contributed by atoms with van der Waals surface area (Å²) in [5, 5.41) is 0.867. The number of nitrogens with zero attached hydrogens (tertiary/aromatic N) is 1. The molecule has 0 unspecified atom stereocenters. The number of hydrogen-bond donors (Lipinski definition) is 0. The Morgan fingerprint density at radius 1 is 1.05 bits per heavy atom. The largest absolute Gasteiger partial charge is 0.431 e. The fourth-order valence-electron chi connectivity index (χ4n) is 2.33. The molecule has 0 saturated carbocycles. The monoisotopic (exact) mass is 391 g/mol. The van der Waals surface area contributed by atoms with Crippen molar-refractivity contribution in [3.05, 3.63) is 62.0 Å². The second kappa shape index (κ2) is 6.07. The summed E-state index contributed by atoms with van der Waals surface area (Å²) in [6.07, 6.45) is 0. The Balaban J connectivity index is 2.26. The van der Waals surface area contributed by atoms with Gasteiger partial charge in [0.1, 0.15) is 10.2 Å². The van der Waals surface area contributed by atoms with Crippen molar-refractivity contribution in [2.24, 2.45) is 0 Å². The summed E-state index contributed by atoms with van der Waals surface area (Å²) in [6.45, 7) is 4.34. The molecule has 0 spiro atoms. The van der Waals surface area contributed by atoms with Gasteiger partial charge in [-0.2, -0.15) is 0 Å². The van der Waals surface area contributed by atoms with E-state index in [9.17, 15) is 0 Å². The van der Waals surface area contributed by atoms with Gasteiger partial charge in [0, 0.05) is 4.47 Å². The van der Waals surface area contributed by atoms with Crippen LogP contribution in [0.1, 0.15) is 25.3 Å². The molecule has 0 N–H and O–H groups in total. The third-order valence-corrected chi connectivity index (χ3v) is 4.73. The van der Waals surface area contributed by atoms with E-state index in [4.69, 9.17) is 28.9 Å². The highest BCUT2D eigenvalue weighted by atomic mass is 79.9. The molecule has 2 nitrogen and oxygen atoms in total. The summed E-state index contributed by atoms with van der Waals surface area (Å²) in [6, 6.07) is 14.0. The fraction of sp³-hybridized carbons (Fsp3) is 0.176. The van der Waals surface area contributed by atoms with Crippen LogP contribution in [0.3, 0.4) is 0 Å². The predicted molar refractivity (Wildman–Crippen MR) is 99.0 cm³/mol. The molecule has 0 atom stereocenters. The molecule has 1 heterocycles. The van der Waals surface area contributed by atoms with E-state index in [2.05, 4.69) is 41.9 Å². The number of aromatic nitrogens is 1. The van der Waals surface area contributed by atoms with E-state index in [-0.39, 0.29) is 0 Å². The van der Waals surface area contributed by atoms with Crippen molar-refractivity contribution in [3.63, 3.8) is 0 Å². The molecular weight excluding hydrogens is 378 g/mol. The van der Waals surface area contributed by atoms with Gasteiger partial charge in [-0.3, -0.25) is 4.57 Å². The van der Waals surface area contributed by atoms with Crippen LogP contribution in [0.15, 0.2) is 51.4 Å². The highest BCUT2D eigenvalue weighted by Gasteiger charge is 2.08. The molecule has 3 aromatic rings. The van der Waals surface area contributed by atoms with E-state index in [0.717, 1.165) is 15.5 Å². The second-order valence-corrected chi connectivity index (χ2v) is 7.05. The van der Waals surface area contributed by atoms with Gasteiger partial charge in [0.15, 0.2) is 0 Å². The van der Waals surface area contributed by atoms with Gasteiger partial charge in [-0.1, -0.05) is 54.1 Å². The Hall–Kier alpha value is -1.30. The minimum Gasteiger partial charge on any atom is -0.431 e.